The second kappa shape index (κ2) is 11.6. The molecule has 9 nitrogen and oxygen atoms in total. The van der Waals surface area contributed by atoms with Crippen LogP contribution in [0.5, 0.6) is 0 Å². The molecule has 3 amide bonds. The first-order valence-corrected chi connectivity index (χ1v) is 12.1. The van der Waals surface area contributed by atoms with Crippen molar-refractivity contribution < 1.29 is 22.8 Å². The van der Waals surface area contributed by atoms with Crippen LogP contribution in [0.3, 0.4) is 0 Å². The zero-order valence-electron chi connectivity index (χ0n) is 19.1. The number of anilines is 2. The van der Waals surface area contributed by atoms with Crippen molar-refractivity contribution in [3.63, 3.8) is 0 Å². The Hall–Kier alpha value is -3.24. The molecule has 0 unspecified atom stereocenters. The Labute approximate surface area is 194 Å². The van der Waals surface area contributed by atoms with Gasteiger partial charge in [0.25, 0.3) is 5.91 Å². The number of rotatable bonds is 10. The van der Waals surface area contributed by atoms with Crippen molar-refractivity contribution in [3.8, 4) is 0 Å². The predicted octanol–water partition coefficient (Wildman–Crippen LogP) is 2.58. The van der Waals surface area contributed by atoms with Crippen molar-refractivity contribution >= 4 is 39.1 Å². The van der Waals surface area contributed by atoms with Crippen LogP contribution in [0.25, 0.3) is 0 Å². The summed E-state index contributed by atoms with van der Waals surface area (Å²) in [6.07, 6.45) is 0. The van der Waals surface area contributed by atoms with Crippen LogP contribution in [0.15, 0.2) is 53.4 Å². The highest BCUT2D eigenvalue weighted by molar-refractivity contribution is 7.89. The van der Waals surface area contributed by atoms with E-state index in [4.69, 9.17) is 0 Å². The molecule has 0 atom stereocenters. The molecule has 0 heterocycles. The Morgan fingerprint density at radius 1 is 0.727 bits per heavy atom. The molecule has 0 aliphatic rings. The SMILES string of the molecule is CC(C)C(=O)Nc1ccc(C(=O)NCCNS(=O)(=O)c2ccc(NC(=O)C(C)C)cc2)cc1. The molecule has 0 saturated carbocycles. The number of hydrogen-bond acceptors (Lipinski definition) is 5. The minimum atomic E-state index is -3.76. The first-order valence-electron chi connectivity index (χ1n) is 10.6. The van der Waals surface area contributed by atoms with Crippen molar-refractivity contribution in [1.82, 2.24) is 10.0 Å². The molecular weight excluding hydrogens is 444 g/mol. The molecule has 0 radical (unpaired) electrons. The fourth-order valence-corrected chi connectivity index (χ4v) is 3.57. The molecule has 0 spiro atoms. The van der Waals surface area contributed by atoms with Gasteiger partial charge in [0.15, 0.2) is 0 Å². The third-order valence-corrected chi connectivity index (χ3v) is 6.08. The van der Waals surface area contributed by atoms with E-state index in [-0.39, 0.29) is 47.5 Å². The first kappa shape index (κ1) is 26.0. The maximum atomic E-state index is 12.4. The molecule has 4 N–H and O–H groups in total. The van der Waals surface area contributed by atoms with Crippen LogP contribution >= 0.6 is 0 Å². The lowest BCUT2D eigenvalue weighted by Gasteiger charge is -2.11. The van der Waals surface area contributed by atoms with Crippen molar-refractivity contribution in [2.75, 3.05) is 23.7 Å². The quantitative estimate of drug-likeness (QED) is 0.393. The van der Waals surface area contributed by atoms with E-state index in [1.807, 2.05) is 0 Å². The summed E-state index contributed by atoms with van der Waals surface area (Å²) in [5, 5.41) is 8.08. The summed E-state index contributed by atoms with van der Waals surface area (Å²) in [7, 11) is -3.76. The van der Waals surface area contributed by atoms with E-state index in [1.54, 1.807) is 52.0 Å². The second-order valence-corrected chi connectivity index (χ2v) is 9.81. The molecule has 2 aromatic carbocycles. The van der Waals surface area contributed by atoms with Gasteiger partial charge in [0.1, 0.15) is 0 Å². The van der Waals surface area contributed by atoms with Gasteiger partial charge < -0.3 is 16.0 Å². The molecule has 178 valence electrons. The van der Waals surface area contributed by atoms with Crippen LogP contribution < -0.4 is 20.7 Å². The molecule has 0 bridgehead atoms. The van der Waals surface area contributed by atoms with Gasteiger partial charge in [-0.15, -0.1) is 0 Å². The van der Waals surface area contributed by atoms with Crippen molar-refractivity contribution in [2.24, 2.45) is 11.8 Å². The minimum Gasteiger partial charge on any atom is -0.351 e. The number of carbonyl (C=O) groups is 3. The van der Waals surface area contributed by atoms with E-state index in [1.165, 1.54) is 24.3 Å². The van der Waals surface area contributed by atoms with Crippen LogP contribution in [0.1, 0.15) is 38.1 Å². The van der Waals surface area contributed by atoms with Gasteiger partial charge in [0, 0.05) is 41.9 Å². The molecule has 0 fully saturated rings. The van der Waals surface area contributed by atoms with Crippen LogP contribution in [-0.2, 0) is 19.6 Å². The number of carbonyl (C=O) groups excluding carboxylic acids is 3. The Balaban J connectivity index is 1.82. The van der Waals surface area contributed by atoms with E-state index in [0.717, 1.165) is 0 Å². The maximum absolute atomic E-state index is 12.4. The fourth-order valence-electron chi connectivity index (χ4n) is 2.54. The summed E-state index contributed by atoms with van der Waals surface area (Å²) in [5.74, 6) is -0.973. The third kappa shape index (κ3) is 7.99. The molecule has 0 aromatic heterocycles. The Kier molecular flexibility index (Phi) is 9.12. The van der Waals surface area contributed by atoms with E-state index >= 15 is 0 Å². The molecule has 0 aliphatic heterocycles. The van der Waals surface area contributed by atoms with Gasteiger partial charge in [0.2, 0.25) is 21.8 Å². The predicted molar refractivity (Wildman–Crippen MR) is 127 cm³/mol. The molecule has 10 heteroatoms. The van der Waals surface area contributed by atoms with Crippen LogP contribution in [0.2, 0.25) is 0 Å². The standard InChI is InChI=1S/C23H30N4O5S/c1-15(2)21(28)26-18-7-5-17(6-8-18)23(30)24-13-14-25-33(31,32)20-11-9-19(10-12-20)27-22(29)16(3)4/h5-12,15-16,25H,13-14H2,1-4H3,(H,24,30)(H,26,28)(H,27,29). The van der Waals surface area contributed by atoms with Crippen molar-refractivity contribution in [1.29, 1.82) is 0 Å². The number of benzene rings is 2. The number of nitrogens with one attached hydrogen (secondary N) is 4. The normalized spacial score (nSPS) is 11.3. The van der Waals surface area contributed by atoms with Gasteiger partial charge in [-0.1, -0.05) is 27.7 Å². The highest BCUT2D eigenvalue weighted by atomic mass is 32.2. The summed E-state index contributed by atoms with van der Waals surface area (Å²) in [4.78, 5) is 35.7. The van der Waals surface area contributed by atoms with Gasteiger partial charge in [-0.3, -0.25) is 14.4 Å². The molecule has 0 saturated heterocycles. The lowest BCUT2D eigenvalue weighted by atomic mass is 10.1. The lowest BCUT2D eigenvalue weighted by molar-refractivity contribution is -0.119. The van der Waals surface area contributed by atoms with E-state index in [9.17, 15) is 22.8 Å². The Morgan fingerprint density at radius 3 is 1.64 bits per heavy atom. The zero-order valence-corrected chi connectivity index (χ0v) is 20.0. The largest absolute Gasteiger partial charge is 0.351 e. The van der Waals surface area contributed by atoms with E-state index < -0.39 is 10.0 Å². The van der Waals surface area contributed by atoms with Gasteiger partial charge >= 0.3 is 0 Å². The molecule has 2 rings (SSSR count). The molecular formula is C23H30N4O5S. The lowest BCUT2D eigenvalue weighted by Crippen LogP contribution is -2.34. The third-order valence-electron chi connectivity index (χ3n) is 4.60. The van der Waals surface area contributed by atoms with E-state index in [0.29, 0.717) is 16.9 Å². The smallest absolute Gasteiger partial charge is 0.251 e. The van der Waals surface area contributed by atoms with Crippen molar-refractivity contribution in [2.45, 2.75) is 32.6 Å². The maximum Gasteiger partial charge on any atom is 0.251 e. The van der Waals surface area contributed by atoms with Gasteiger partial charge in [-0.2, -0.15) is 0 Å². The Morgan fingerprint density at radius 2 is 1.18 bits per heavy atom. The number of sulfonamides is 1. The zero-order chi connectivity index (χ0) is 24.6. The molecule has 2 aromatic rings. The molecule has 0 aliphatic carbocycles. The van der Waals surface area contributed by atoms with Crippen LogP contribution in [-0.4, -0.2) is 39.2 Å². The highest BCUT2D eigenvalue weighted by Crippen LogP contribution is 2.15. The second-order valence-electron chi connectivity index (χ2n) is 8.04. The van der Waals surface area contributed by atoms with Gasteiger partial charge in [-0.25, -0.2) is 13.1 Å². The topological polar surface area (TPSA) is 133 Å². The summed E-state index contributed by atoms with van der Waals surface area (Å²) < 4.78 is 27.3. The molecule has 33 heavy (non-hydrogen) atoms. The van der Waals surface area contributed by atoms with Gasteiger partial charge in [0.05, 0.1) is 4.90 Å². The van der Waals surface area contributed by atoms with E-state index in [2.05, 4.69) is 20.7 Å². The summed E-state index contributed by atoms with van der Waals surface area (Å²) in [6.45, 7) is 7.19. The average molecular weight is 475 g/mol. The van der Waals surface area contributed by atoms with Crippen LogP contribution in [0.4, 0.5) is 11.4 Å². The summed E-state index contributed by atoms with van der Waals surface area (Å²) >= 11 is 0. The van der Waals surface area contributed by atoms with Gasteiger partial charge in [-0.05, 0) is 48.5 Å². The van der Waals surface area contributed by atoms with Crippen LogP contribution in [0, 0.1) is 11.8 Å². The average Bonchev–Trinajstić information content (AvgIpc) is 2.77. The highest BCUT2D eigenvalue weighted by Gasteiger charge is 2.15. The Bertz CT molecular complexity index is 1080. The number of amides is 3. The number of hydrogen-bond donors (Lipinski definition) is 4. The minimum absolute atomic E-state index is 0.00242. The van der Waals surface area contributed by atoms with Crippen molar-refractivity contribution in [3.05, 3.63) is 54.1 Å². The summed E-state index contributed by atoms with van der Waals surface area (Å²) in [5.41, 5.74) is 1.49. The summed E-state index contributed by atoms with van der Waals surface area (Å²) in [6, 6.07) is 12.3. The monoisotopic (exact) mass is 474 g/mol. The first-order chi connectivity index (χ1) is 15.5. The fraction of sp³-hybridized carbons (Fsp3) is 0.348.